The quantitative estimate of drug-likeness (QED) is 0.152. The molecule has 0 aliphatic heterocycles. The smallest absolute Gasteiger partial charge is 0.336 e. The average molecular weight is 462 g/mol. The summed E-state index contributed by atoms with van der Waals surface area (Å²) in [6, 6.07) is 2.72. The lowest BCUT2D eigenvalue weighted by Gasteiger charge is -2.15. The van der Waals surface area contributed by atoms with Crippen molar-refractivity contribution in [3.8, 4) is 0 Å². The van der Waals surface area contributed by atoms with Gasteiger partial charge in [0, 0.05) is 5.56 Å². The van der Waals surface area contributed by atoms with E-state index in [1.54, 1.807) is 0 Å². The van der Waals surface area contributed by atoms with Crippen molar-refractivity contribution in [3.05, 3.63) is 34.4 Å². The topological polar surface area (TPSA) is 170 Å². The number of carbonyl (C=O) groups is 2. The summed E-state index contributed by atoms with van der Waals surface area (Å²) in [5.74, 6) is -2.56. The number of benzene rings is 1. The molecule has 0 amide bonds. The Kier molecular flexibility index (Phi) is 15.2. The molecule has 0 saturated heterocycles. The molecule has 12 heteroatoms. The second kappa shape index (κ2) is 17.4. The maximum Gasteiger partial charge on any atom is 0.336 e. The third-order valence-electron chi connectivity index (χ3n) is 4.02. The minimum Gasteiger partial charge on any atom is -0.478 e. The van der Waals surface area contributed by atoms with E-state index in [9.17, 15) is 19.8 Å². The fraction of sp³-hybridized carbons (Fsp3) is 0.600. The van der Waals surface area contributed by atoms with Gasteiger partial charge in [0.1, 0.15) is 13.6 Å². The molecule has 32 heavy (non-hydrogen) atoms. The van der Waals surface area contributed by atoms with Gasteiger partial charge in [0.25, 0.3) is 0 Å². The Labute approximate surface area is 185 Å². The van der Waals surface area contributed by atoms with Crippen LogP contribution in [-0.4, -0.2) is 98.8 Å². The molecule has 4 N–H and O–H groups in total. The van der Waals surface area contributed by atoms with Gasteiger partial charge in [-0.2, -0.15) is 0 Å². The predicted octanol–water partition coefficient (Wildman–Crippen LogP) is 0.0822. The largest absolute Gasteiger partial charge is 0.478 e. The average Bonchev–Trinajstić information content (AvgIpc) is 2.76. The van der Waals surface area contributed by atoms with E-state index in [-0.39, 0.29) is 89.6 Å². The Bertz CT molecular complexity index is 679. The molecule has 0 heterocycles. The van der Waals surface area contributed by atoms with Crippen LogP contribution >= 0.6 is 0 Å². The van der Waals surface area contributed by atoms with Crippen molar-refractivity contribution in [1.82, 2.24) is 0 Å². The summed E-state index contributed by atoms with van der Waals surface area (Å²) in [7, 11) is 0. The molecule has 0 aromatic heterocycles. The van der Waals surface area contributed by atoms with Crippen LogP contribution in [0.25, 0.3) is 0 Å². The van der Waals surface area contributed by atoms with Crippen LogP contribution in [0.4, 0.5) is 0 Å². The van der Waals surface area contributed by atoms with Gasteiger partial charge in [-0.3, -0.25) is 0 Å². The van der Waals surface area contributed by atoms with Crippen LogP contribution in [0.3, 0.4) is 0 Å². The number of aromatic carboxylic acids is 2. The highest BCUT2D eigenvalue weighted by molar-refractivity contribution is 5.97. The van der Waals surface area contributed by atoms with Crippen molar-refractivity contribution in [2.45, 2.75) is 13.2 Å². The number of carboxylic acids is 2. The van der Waals surface area contributed by atoms with Gasteiger partial charge in [-0.15, -0.1) is 0 Å². The summed E-state index contributed by atoms with van der Waals surface area (Å²) in [6.45, 7) is 0.610. The van der Waals surface area contributed by atoms with Crippen molar-refractivity contribution < 1.29 is 58.4 Å². The Hall–Kier alpha value is -2.16. The molecular weight excluding hydrogens is 432 g/mol. The first-order chi connectivity index (χ1) is 15.5. The second-order valence-corrected chi connectivity index (χ2v) is 6.14. The molecule has 0 spiro atoms. The first kappa shape index (κ1) is 27.9. The number of rotatable bonds is 20. The Morgan fingerprint density at radius 1 is 0.625 bits per heavy atom. The van der Waals surface area contributed by atoms with Crippen LogP contribution < -0.4 is 0 Å². The van der Waals surface area contributed by atoms with Crippen LogP contribution in [0.15, 0.2) is 12.1 Å². The van der Waals surface area contributed by atoms with Crippen molar-refractivity contribution in [1.29, 1.82) is 0 Å². The van der Waals surface area contributed by atoms with Crippen LogP contribution in [0, 0.1) is 0 Å². The van der Waals surface area contributed by atoms with Gasteiger partial charge in [-0.25, -0.2) is 9.59 Å². The first-order valence-corrected chi connectivity index (χ1v) is 9.82. The molecular formula is C20H30O12. The third-order valence-corrected chi connectivity index (χ3v) is 4.02. The summed E-state index contributed by atoms with van der Waals surface area (Å²) in [4.78, 5) is 23.4. The summed E-state index contributed by atoms with van der Waals surface area (Å²) < 4.78 is 30.7. The maximum absolute atomic E-state index is 11.9. The van der Waals surface area contributed by atoms with E-state index in [4.69, 9.17) is 38.6 Å². The van der Waals surface area contributed by atoms with Crippen LogP contribution in [0.5, 0.6) is 0 Å². The number of hydrogen-bond acceptors (Lipinski definition) is 10. The van der Waals surface area contributed by atoms with Crippen LogP contribution in [0.1, 0.15) is 31.8 Å². The molecule has 1 aromatic carbocycles. The number of aliphatic hydroxyl groups is 2. The highest BCUT2D eigenvalue weighted by Crippen LogP contribution is 2.22. The van der Waals surface area contributed by atoms with E-state index in [0.29, 0.717) is 5.56 Å². The molecule has 0 radical (unpaired) electrons. The van der Waals surface area contributed by atoms with Gasteiger partial charge < -0.3 is 48.8 Å². The number of hydrogen-bond donors (Lipinski definition) is 4. The Morgan fingerprint density at radius 2 is 1.09 bits per heavy atom. The maximum atomic E-state index is 11.9. The van der Waals surface area contributed by atoms with E-state index in [1.165, 1.54) is 12.1 Å². The van der Waals surface area contributed by atoms with E-state index < -0.39 is 18.7 Å². The molecule has 1 rings (SSSR count). The first-order valence-electron chi connectivity index (χ1n) is 9.82. The van der Waals surface area contributed by atoms with Crippen molar-refractivity contribution in [3.63, 3.8) is 0 Å². The monoisotopic (exact) mass is 462 g/mol. The highest BCUT2D eigenvalue weighted by atomic mass is 16.6. The fourth-order valence-corrected chi connectivity index (χ4v) is 2.59. The molecule has 12 nitrogen and oxygen atoms in total. The zero-order valence-corrected chi connectivity index (χ0v) is 17.7. The van der Waals surface area contributed by atoms with Crippen LogP contribution in [-0.2, 0) is 41.6 Å². The Balaban J connectivity index is 2.65. The van der Waals surface area contributed by atoms with Gasteiger partial charge in [-0.1, -0.05) is 6.07 Å². The molecule has 0 bridgehead atoms. The van der Waals surface area contributed by atoms with E-state index in [0.717, 1.165) is 0 Å². The summed E-state index contributed by atoms with van der Waals surface area (Å²) >= 11 is 0. The summed E-state index contributed by atoms with van der Waals surface area (Å²) in [5, 5.41) is 36.1. The molecule has 0 aliphatic carbocycles. The number of aliphatic hydroxyl groups excluding tert-OH is 2. The number of ether oxygens (including phenoxy) is 6. The molecule has 0 saturated carbocycles. The molecule has 0 fully saturated rings. The summed E-state index contributed by atoms with van der Waals surface area (Å²) in [5.41, 5.74) is -0.00992. The van der Waals surface area contributed by atoms with Crippen molar-refractivity contribution >= 4 is 11.9 Å². The number of carboxylic acid groups (broad SMARTS) is 2. The predicted molar refractivity (Wildman–Crippen MR) is 107 cm³/mol. The molecule has 0 aliphatic rings. The highest BCUT2D eigenvalue weighted by Gasteiger charge is 2.22. The lowest BCUT2D eigenvalue weighted by Crippen LogP contribution is -2.16. The van der Waals surface area contributed by atoms with E-state index >= 15 is 0 Å². The SMILES string of the molecule is O=C(O)c1ccc(COCCOCCOCO)c(C(=O)O)c1COCCOCCOCO. The van der Waals surface area contributed by atoms with Crippen LogP contribution in [0.2, 0.25) is 0 Å². The lowest BCUT2D eigenvalue weighted by atomic mass is 9.96. The van der Waals surface area contributed by atoms with Gasteiger partial charge in [0.15, 0.2) is 0 Å². The van der Waals surface area contributed by atoms with Crippen molar-refractivity contribution in [2.24, 2.45) is 0 Å². The Morgan fingerprint density at radius 3 is 1.56 bits per heavy atom. The second-order valence-electron chi connectivity index (χ2n) is 6.14. The van der Waals surface area contributed by atoms with Gasteiger partial charge in [0.2, 0.25) is 0 Å². The molecule has 0 unspecified atom stereocenters. The van der Waals surface area contributed by atoms with Gasteiger partial charge in [-0.05, 0) is 11.6 Å². The molecule has 0 atom stereocenters. The molecule has 1 aromatic rings. The standard InChI is InChI=1S/C20H30O12/c21-13-31-9-5-27-3-7-29-11-15-1-2-16(19(23)24)17(18(15)20(25)26)12-30-8-4-28-6-10-32-14-22/h1-2,21-22H,3-14H2,(H,23,24)(H,25,26). The van der Waals surface area contributed by atoms with E-state index in [2.05, 4.69) is 0 Å². The fourth-order valence-electron chi connectivity index (χ4n) is 2.59. The van der Waals surface area contributed by atoms with Gasteiger partial charge >= 0.3 is 11.9 Å². The zero-order valence-electron chi connectivity index (χ0n) is 17.7. The van der Waals surface area contributed by atoms with Crippen molar-refractivity contribution in [2.75, 3.05) is 66.4 Å². The van der Waals surface area contributed by atoms with E-state index in [1.807, 2.05) is 0 Å². The zero-order chi connectivity index (χ0) is 23.6. The summed E-state index contributed by atoms with van der Waals surface area (Å²) in [6.07, 6.45) is 0. The minimum atomic E-state index is -1.29. The minimum absolute atomic E-state index is 0.0344. The normalized spacial score (nSPS) is 11.1. The third kappa shape index (κ3) is 10.9. The molecule has 182 valence electrons. The van der Waals surface area contributed by atoms with Gasteiger partial charge in [0.05, 0.1) is 77.2 Å². The lowest BCUT2D eigenvalue weighted by molar-refractivity contribution is -0.0378.